The van der Waals surface area contributed by atoms with Gasteiger partial charge in [0.15, 0.2) is 0 Å². The van der Waals surface area contributed by atoms with E-state index in [1.807, 2.05) is 38.2 Å². The van der Waals surface area contributed by atoms with Crippen molar-refractivity contribution in [3.63, 3.8) is 0 Å². The highest BCUT2D eigenvalue weighted by Crippen LogP contribution is 2.58. The van der Waals surface area contributed by atoms with Crippen molar-refractivity contribution in [1.82, 2.24) is 9.80 Å². The number of nitrogens with zero attached hydrogens (tertiary/aromatic N) is 3. The third kappa shape index (κ3) is 3.45. The predicted molar refractivity (Wildman–Crippen MR) is 135 cm³/mol. The smallest absolute Gasteiger partial charge is 0.253 e. The van der Waals surface area contributed by atoms with Crippen LogP contribution in [0.3, 0.4) is 0 Å². The van der Waals surface area contributed by atoms with Crippen LogP contribution in [0.4, 0.5) is 5.69 Å². The van der Waals surface area contributed by atoms with E-state index in [2.05, 4.69) is 0 Å². The van der Waals surface area contributed by atoms with Crippen molar-refractivity contribution in [1.29, 1.82) is 0 Å². The molecule has 0 radical (unpaired) electrons. The van der Waals surface area contributed by atoms with Crippen LogP contribution in [-0.4, -0.2) is 82.7 Å². The number of amides is 3. The Kier molecular flexibility index (Phi) is 6.47. The number of ether oxygens (including phenoxy) is 1. The number of carbonyl (C=O) groups excluding carboxylic acids is 3. The molecule has 0 aliphatic carbocycles. The topological polar surface area (TPSA) is 90.4 Å². The molecule has 1 aromatic carbocycles. The zero-order chi connectivity index (χ0) is 25.7. The standard InChI is InChI=1S/C27H32ClN3O5/c1-3-13-29-14-7-11-26(4-2)20(23(29)33)21-24(34)31(16-17-32)22-25(35)30(15-8-12-27(21,22)36-26)19-10-6-5-9-18(19)28/h5-12,20-22,32H,3-4,13-17H2,1-2H3/t20-,21+,22?,26+,27+/m1/s1. The van der Waals surface area contributed by atoms with E-state index in [9.17, 15) is 19.5 Å². The fourth-order valence-corrected chi connectivity index (χ4v) is 6.75. The second kappa shape index (κ2) is 9.32. The van der Waals surface area contributed by atoms with E-state index < -0.39 is 29.1 Å². The highest BCUT2D eigenvalue weighted by molar-refractivity contribution is 6.34. The van der Waals surface area contributed by atoms with Gasteiger partial charge in [-0.05, 0) is 25.0 Å². The first kappa shape index (κ1) is 25.0. The third-order valence-corrected chi connectivity index (χ3v) is 8.32. The first-order valence-corrected chi connectivity index (χ1v) is 13.0. The van der Waals surface area contributed by atoms with Crippen LogP contribution >= 0.6 is 11.6 Å². The van der Waals surface area contributed by atoms with Crippen LogP contribution in [0.25, 0.3) is 0 Å². The maximum absolute atomic E-state index is 14.2. The average molecular weight is 514 g/mol. The molecule has 4 aliphatic rings. The molecule has 2 fully saturated rings. The van der Waals surface area contributed by atoms with Crippen LogP contribution in [-0.2, 0) is 19.1 Å². The van der Waals surface area contributed by atoms with Gasteiger partial charge in [0.25, 0.3) is 5.91 Å². The largest absolute Gasteiger partial charge is 0.395 e. The van der Waals surface area contributed by atoms with Crippen LogP contribution in [0.2, 0.25) is 5.02 Å². The molecule has 8 nitrogen and oxygen atoms in total. The van der Waals surface area contributed by atoms with Gasteiger partial charge in [0.05, 0.1) is 34.8 Å². The molecule has 1 aromatic rings. The van der Waals surface area contributed by atoms with Crippen molar-refractivity contribution in [2.75, 3.05) is 37.7 Å². The quantitative estimate of drug-likeness (QED) is 0.590. The Morgan fingerprint density at radius 1 is 1.00 bits per heavy atom. The molecule has 1 N–H and O–H groups in total. The van der Waals surface area contributed by atoms with Crippen molar-refractivity contribution < 1.29 is 24.2 Å². The Balaban J connectivity index is 1.66. The van der Waals surface area contributed by atoms with E-state index in [0.29, 0.717) is 30.2 Å². The van der Waals surface area contributed by atoms with Crippen molar-refractivity contribution in [2.45, 2.75) is 43.9 Å². The Hall–Kier alpha value is -2.68. The number of para-hydroxylation sites is 1. The zero-order valence-corrected chi connectivity index (χ0v) is 21.4. The minimum Gasteiger partial charge on any atom is -0.395 e. The molecule has 1 spiro atoms. The Morgan fingerprint density at radius 3 is 2.44 bits per heavy atom. The molecule has 0 aromatic heterocycles. The second-order valence-corrected chi connectivity index (χ2v) is 10.3. The molecule has 3 amide bonds. The number of benzene rings is 1. The summed E-state index contributed by atoms with van der Waals surface area (Å²) in [7, 11) is 0. The summed E-state index contributed by atoms with van der Waals surface area (Å²) in [6.45, 7) is 4.89. The van der Waals surface area contributed by atoms with Crippen LogP contribution in [0.15, 0.2) is 48.6 Å². The lowest BCUT2D eigenvalue weighted by Crippen LogP contribution is -2.56. The van der Waals surface area contributed by atoms with E-state index in [1.54, 1.807) is 34.1 Å². The minimum absolute atomic E-state index is 0.0321. The van der Waals surface area contributed by atoms with Gasteiger partial charge in [0.2, 0.25) is 11.8 Å². The molecule has 192 valence electrons. The molecule has 4 heterocycles. The van der Waals surface area contributed by atoms with E-state index in [-0.39, 0.29) is 37.4 Å². The molecule has 4 aliphatic heterocycles. The molecule has 36 heavy (non-hydrogen) atoms. The minimum atomic E-state index is -1.34. The number of aliphatic hydroxyl groups is 1. The molecule has 0 bridgehead atoms. The molecule has 5 atom stereocenters. The maximum atomic E-state index is 14.2. The molecule has 2 saturated heterocycles. The molecule has 1 unspecified atom stereocenters. The van der Waals surface area contributed by atoms with Gasteiger partial charge in [-0.15, -0.1) is 0 Å². The first-order chi connectivity index (χ1) is 17.3. The molecular weight excluding hydrogens is 482 g/mol. The summed E-state index contributed by atoms with van der Waals surface area (Å²) in [5.41, 5.74) is -1.81. The normalized spacial score (nSPS) is 33.5. The van der Waals surface area contributed by atoms with Gasteiger partial charge in [-0.3, -0.25) is 14.4 Å². The van der Waals surface area contributed by atoms with Gasteiger partial charge >= 0.3 is 0 Å². The molecular formula is C27H32ClN3O5. The first-order valence-electron chi connectivity index (χ1n) is 12.7. The lowest BCUT2D eigenvalue weighted by atomic mass is 9.73. The summed E-state index contributed by atoms with van der Waals surface area (Å²) in [6.07, 6.45) is 8.78. The van der Waals surface area contributed by atoms with Crippen molar-refractivity contribution in [2.24, 2.45) is 11.8 Å². The van der Waals surface area contributed by atoms with Crippen molar-refractivity contribution in [3.8, 4) is 0 Å². The molecule has 5 rings (SSSR count). The number of hydrogen-bond acceptors (Lipinski definition) is 5. The predicted octanol–water partition coefficient (Wildman–Crippen LogP) is 2.40. The highest BCUT2D eigenvalue weighted by atomic mass is 35.5. The van der Waals surface area contributed by atoms with Gasteiger partial charge in [0, 0.05) is 26.2 Å². The summed E-state index contributed by atoms with van der Waals surface area (Å²) in [5.74, 6) is -2.46. The summed E-state index contributed by atoms with van der Waals surface area (Å²) >= 11 is 6.45. The Morgan fingerprint density at radius 2 is 1.75 bits per heavy atom. The molecule has 0 saturated carbocycles. The summed E-state index contributed by atoms with van der Waals surface area (Å²) in [4.78, 5) is 46.9. The summed E-state index contributed by atoms with van der Waals surface area (Å²) < 4.78 is 6.86. The lowest BCUT2D eigenvalue weighted by molar-refractivity contribution is -0.150. The number of hydrogen-bond donors (Lipinski definition) is 1. The average Bonchev–Trinajstić information content (AvgIpc) is 3.15. The van der Waals surface area contributed by atoms with Gasteiger partial charge < -0.3 is 24.5 Å². The number of halogens is 1. The SMILES string of the molecule is CCCN1CC=C[C@]2(CC)O[C@]34C=CCN(c5ccccc5Cl)C(=O)C3N(CCO)C(=O)[C@@H]4[C@@H]2C1=O. The molecule has 9 heteroatoms. The fraction of sp³-hybridized carbons (Fsp3) is 0.519. The second-order valence-electron chi connectivity index (χ2n) is 9.87. The van der Waals surface area contributed by atoms with Crippen LogP contribution in [0.1, 0.15) is 26.7 Å². The lowest BCUT2D eigenvalue weighted by Gasteiger charge is -2.38. The number of anilines is 1. The van der Waals surface area contributed by atoms with E-state index in [4.69, 9.17) is 16.3 Å². The summed E-state index contributed by atoms with van der Waals surface area (Å²) in [5, 5.41) is 10.2. The van der Waals surface area contributed by atoms with Gasteiger partial charge in [-0.1, -0.05) is 61.9 Å². The Bertz CT molecular complexity index is 1140. The number of rotatable bonds is 6. The number of carbonyl (C=O) groups is 3. The monoisotopic (exact) mass is 513 g/mol. The van der Waals surface area contributed by atoms with E-state index >= 15 is 0 Å². The summed E-state index contributed by atoms with van der Waals surface area (Å²) in [6, 6.07) is 6.03. The third-order valence-electron chi connectivity index (χ3n) is 8.00. The number of β-amino-alcohol motifs (C(OH)–C–C–N with tert-alkyl or cyclic N) is 1. The van der Waals surface area contributed by atoms with Crippen molar-refractivity contribution in [3.05, 3.63) is 53.6 Å². The van der Waals surface area contributed by atoms with Crippen LogP contribution in [0.5, 0.6) is 0 Å². The van der Waals surface area contributed by atoms with Gasteiger partial charge in [-0.25, -0.2) is 0 Å². The maximum Gasteiger partial charge on any atom is 0.253 e. The van der Waals surface area contributed by atoms with Gasteiger partial charge in [0.1, 0.15) is 11.6 Å². The van der Waals surface area contributed by atoms with E-state index in [1.165, 1.54) is 4.90 Å². The van der Waals surface area contributed by atoms with Crippen molar-refractivity contribution >= 4 is 35.0 Å². The van der Waals surface area contributed by atoms with Gasteiger partial charge in [-0.2, -0.15) is 0 Å². The highest BCUT2D eigenvalue weighted by Gasteiger charge is 2.75. The number of aliphatic hydroxyl groups excluding tert-OH is 1. The van der Waals surface area contributed by atoms with Crippen LogP contribution in [0, 0.1) is 11.8 Å². The Labute approximate surface area is 216 Å². The zero-order valence-electron chi connectivity index (χ0n) is 20.6. The number of likely N-dealkylation sites (tertiary alicyclic amines) is 1. The van der Waals surface area contributed by atoms with E-state index in [0.717, 1.165) is 6.42 Å². The van der Waals surface area contributed by atoms with Crippen LogP contribution < -0.4 is 4.90 Å². The number of fused-ring (bicyclic) bond motifs is 2. The fourth-order valence-electron chi connectivity index (χ4n) is 6.52.